The number of carbonyl (C=O) groups excluding carboxylic acids is 1. The summed E-state index contributed by atoms with van der Waals surface area (Å²) in [6.45, 7) is 7.47. The first-order chi connectivity index (χ1) is 8.28. The number of amides is 2. The van der Waals surface area contributed by atoms with Crippen LogP contribution in [0.5, 0.6) is 0 Å². The van der Waals surface area contributed by atoms with Crippen LogP contribution in [0.15, 0.2) is 10.6 Å². The van der Waals surface area contributed by atoms with Crippen molar-refractivity contribution in [2.24, 2.45) is 5.41 Å². The fourth-order valence-corrected chi connectivity index (χ4v) is 1.82. The molecule has 0 radical (unpaired) electrons. The van der Waals surface area contributed by atoms with E-state index in [4.69, 9.17) is 4.52 Å². The molecule has 1 heterocycles. The predicted molar refractivity (Wildman–Crippen MR) is 70.6 cm³/mol. The lowest BCUT2D eigenvalue weighted by Gasteiger charge is -2.28. The van der Waals surface area contributed by atoms with Gasteiger partial charge >= 0.3 is 6.03 Å². The third-order valence-electron chi connectivity index (χ3n) is 2.34. The molecule has 6 nitrogen and oxygen atoms in total. The van der Waals surface area contributed by atoms with Crippen molar-refractivity contribution in [2.75, 3.05) is 32.5 Å². The standard InChI is InChI=1S/C12H22N4O2/c1-9-6-10(15-18-9)14-11(17)13-7-12(2,3)8-16(4)5/h6H,7-8H2,1-5H3,(H2,13,14,15,17). The van der Waals surface area contributed by atoms with Crippen molar-refractivity contribution in [3.05, 3.63) is 11.8 Å². The summed E-state index contributed by atoms with van der Waals surface area (Å²) in [5.74, 6) is 1.09. The van der Waals surface area contributed by atoms with Crippen LogP contribution in [0.25, 0.3) is 0 Å². The summed E-state index contributed by atoms with van der Waals surface area (Å²) >= 11 is 0. The highest BCUT2D eigenvalue weighted by atomic mass is 16.5. The number of rotatable bonds is 5. The number of anilines is 1. The molecule has 0 atom stereocenters. The monoisotopic (exact) mass is 254 g/mol. The van der Waals surface area contributed by atoms with Crippen molar-refractivity contribution in [1.82, 2.24) is 15.4 Å². The summed E-state index contributed by atoms with van der Waals surface area (Å²) in [6, 6.07) is 1.40. The maximum atomic E-state index is 11.6. The van der Waals surface area contributed by atoms with Crippen molar-refractivity contribution >= 4 is 11.8 Å². The Labute approximate surface area is 108 Å². The first-order valence-electron chi connectivity index (χ1n) is 5.91. The number of nitrogens with one attached hydrogen (secondary N) is 2. The molecule has 0 fully saturated rings. The van der Waals surface area contributed by atoms with Crippen molar-refractivity contribution in [1.29, 1.82) is 0 Å². The van der Waals surface area contributed by atoms with Gasteiger partial charge in [0.05, 0.1) is 0 Å². The van der Waals surface area contributed by atoms with Crippen molar-refractivity contribution in [3.8, 4) is 0 Å². The van der Waals surface area contributed by atoms with Crippen LogP contribution in [-0.4, -0.2) is 43.3 Å². The van der Waals surface area contributed by atoms with Gasteiger partial charge in [-0.1, -0.05) is 19.0 Å². The summed E-state index contributed by atoms with van der Waals surface area (Å²) < 4.78 is 4.86. The van der Waals surface area contributed by atoms with E-state index >= 15 is 0 Å². The van der Waals surface area contributed by atoms with E-state index in [-0.39, 0.29) is 11.4 Å². The van der Waals surface area contributed by atoms with Gasteiger partial charge in [-0.2, -0.15) is 0 Å². The Bertz CT molecular complexity index is 399. The zero-order valence-corrected chi connectivity index (χ0v) is 11.7. The molecule has 6 heteroatoms. The van der Waals surface area contributed by atoms with Gasteiger partial charge < -0.3 is 14.7 Å². The van der Waals surface area contributed by atoms with Gasteiger partial charge in [0.25, 0.3) is 0 Å². The van der Waals surface area contributed by atoms with Gasteiger partial charge in [0.2, 0.25) is 0 Å². The maximum Gasteiger partial charge on any atom is 0.320 e. The van der Waals surface area contributed by atoms with Gasteiger partial charge in [-0.3, -0.25) is 5.32 Å². The molecule has 1 rings (SSSR count). The lowest BCUT2D eigenvalue weighted by Crippen LogP contribution is -2.41. The average molecular weight is 254 g/mol. The van der Waals surface area contributed by atoms with Gasteiger partial charge in [-0.05, 0) is 26.4 Å². The predicted octanol–water partition coefficient (Wildman–Crippen LogP) is 1.69. The number of hydrogen-bond acceptors (Lipinski definition) is 4. The van der Waals surface area contributed by atoms with E-state index in [1.54, 1.807) is 13.0 Å². The third-order valence-corrected chi connectivity index (χ3v) is 2.34. The molecule has 1 aromatic heterocycles. The second-order valence-electron chi connectivity index (χ2n) is 5.53. The fraction of sp³-hybridized carbons (Fsp3) is 0.667. The van der Waals surface area contributed by atoms with Gasteiger partial charge in [0.15, 0.2) is 5.82 Å². The number of urea groups is 1. The van der Waals surface area contributed by atoms with Gasteiger partial charge in [0, 0.05) is 19.2 Å². The molecule has 0 aliphatic carbocycles. The molecule has 2 N–H and O–H groups in total. The smallest absolute Gasteiger partial charge is 0.320 e. The lowest BCUT2D eigenvalue weighted by atomic mass is 9.93. The van der Waals surface area contributed by atoms with E-state index in [1.807, 2.05) is 14.1 Å². The largest absolute Gasteiger partial charge is 0.360 e. The van der Waals surface area contributed by atoms with E-state index < -0.39 is 0 Å². The molecule has 0 saturated heterocycles. The van der Waals surface area contributed by atoms with Crippen molar-refractivity contribution < 1.29 is 9.32 Å². The molecule has 0 unspecified atom stereocenters. The van der Waals surface area contributed by atoms with E-state index in [0.717, 1.165) is 6.54 Å². The van der Waals surface area contributed by atoms with E-state index in [2.05, 4.69) is 34.5 Å². The molecule has 1 aromatic rings. The highest BCUT2D eigenvalue weighted by Gasteiger charge is 2.19. The molecule has 0 spiro atoms. The van der Waals surface area contributed by atoms with Gasteiger partial charge in [0.1, 0.15) is 5.76 Å². The molecule has 2 amide bonds. The zero-order chi connectivity index (χ0) is 13.8. The Morgan fingerprint density at radius 3 is 2.67 bits per heavy atom. The Hall–Kier alpha value is -1.56. The zero-order valence-electron chi connectivity index (χ0n) is 11.7. The molecule has 0 bridgehead atoms. The molecule has 0 aliphatic rings. The Morgan fingerprint density at radius 1 is 1.50 bits per heavy atom. The average Bonchev–Trinajstić information content (AvgIpc) is 2.59. The minimum absolute atomic E-state index is 0.0145. The molecular weight excluding hydrogens is 232 g/mol. The molecular formula is C12H22N4O2. The second-order valence-corrected chi connectivity index (χ2v) is 5.53. The second kappa shape index (κ2) is 5.86. The highest BCUT2D eigenvalue weighted by Crippen LogP contribution is 2.14. The molecule has 18 heavy (non-hydrogen) atoms. The number of nitrogens with zero attached hydrogens (tertiary/aromatic N) is 2. The highest BCUT2D eigenvalue weighted by molar-refractivity contribution is 5.88. The first-order valence-corrected chi connectivity index (χ1v) is 5.91. The Balaban J connectivity index is 2.37. The quantitative estimate of drug-likeness (QED) is 0.839. The topological polar surface area (TPSA) is 70.4 Å². The normalized spacial score (nSPS) is 11.7. The minimum Gasteiger partial charge on any atom is -0.360 e. The SMILES string of the molecule is Cc1cc(NC(=O)NCC(C)(C)CN(C)C)no1. The summed E-state index contributed by atoms with van der Waals surface area (Å²) in [4.78, 5) is 13.7. The van der Waals surface area contributed by atoms with Crippen molar-refractivity contribution in [2.45, 2.75) is 20.8 Å². The fourth-order valence-electron chi connectivity index (χ4n) is 1.82. The van der Waals surface area contributed by atoms with Crippen LogP contribution in [0.2, 0.25) is 0 Å². The van der Waals surface area contributed by atoms with E-state index in [0.29, 0.717) is 18.1 Å². The van der Waals surface area contributed by atoms with E-state index in [9.17, 15) is 4.79 Å². The van der Waals surface area contributed by atoms with Crippen LogP contribution in [0, 0.1) is 12.3 Å². The van der Waals surface area contributed by atoms with Crippen LogP contribution >= 0.6 is 0 Å². The van der Waals surface area contributed by atoms with Crippen LogP contribution < -0.4 is 10.6 Å². The summed E-state index contributed by atoms with van der Waals surface area (Å²) in [5, 5.41) is 9.14. The minimum atomic E-state index is -0.268. The molecule has 102 valence electrons. The summed E-state index contributed by atoms with van der Waals surface area (Å²) in [6.07, 6.45) is 0. The number of hydrogen-bond donors (Lipinski definition) is 2. The number of aromatic nitrogens is 1. The lowest BCUT2D eigenvalue weighted by molar-refractivity contribution is 0.222. The first kappa shape index (κ1) is 14.5. The third kappa shape index (κ3) is 5.18. The molecule has 0 aromatic carbocycles. The summed E-state index contributed by atoms with van der Waals surface area (Å²) in [5.41, 5.74) is 0.0145. The maximum absolute atomic E-state index is 11.6. The van der Waals surface area contributed by atoms with Gasteiger partial charge in [-0.25, -0.2) is 4.79 Å². The van der Waals surface area contributed by atoms with Crippen LogP contribution in [-0.2, 0) is 0 Å². The summed E-state index contributed by atoms with van der Waals surface area (Å²) in [7, 11) is 4.03. The van der Waals surface area contributed by atoms with Crippen molar-refractivity contribution in [3.63, 3.8) is 0 Å². The Kier molecular flexibility index (Phi) is 4.72. The van der Waals surface area contributed by atoms with E-state index in [1.165, 1.54) is 0 Å². The van der Waals surface area contributed by atoms with Gasteiger partial charge in [-0.15, -0.1) is 0 Å². The number of carbonyl (C=O) groups is 1. The van der Waals surface area contributed by atoms with Crippen LogP contribution in [0.1, 0.15) is 19.6 Å². The molecule has 0 aliphatic heterocycles. The van der Waals surface area contributed by atoms with Crippen LogP contribution in [0.4, 0.5) is 10.6 Å². The number of aryl methyl sites for hydroxylation is 1. The molecule has 0 saturated carbocycles. The van der Waals surface area contributed by atoms with Crippen LogP contribution in [0.3, 0.4) is 0 Å². The Morgan fingerprint density at radius 2 is 2.17 bits per heavy atom.